The van der Waals surface area contributed by atoms with Gasteiger partial charge in [0.2, 0.25) is 0 Å². The molecule has 0 aromatic heterocycles. The van der Waals surface area contributed by atoms with Crippen molar-refractivity contribution in [2.45, 2.75) is 116 Å². The van der Waals surface area contributed by atoms with Gasteiger partial charge in [-0.05, 0) is 18.2 Å². The Hall–Kier alpha value is 0.170. The number of quaternary nitrogens is 1. The van der Waals surface area contributed by atoms with E-state index in [0.29, 0.717) is 0 Å². The minimum Gasteiger partial charge on any atom is -1.00 e. The first-order valence-corrected chi connectivity index (χ1v) is 9.80. The molecule has 1 unspecified atom stereocenters. The molecule has 2 N–H and O–H groups in total. The zero-order valence-electron chi connectivity index (χ0n) is 15.9. The Balaban J connectivity index is 0. The summed E-state index contributed by atoms with van der Waals surface area (Å²) in [5.74, 6) is 0. The van der Waals surface area contributed by atoms with Crippen LogP contribution in [0.5, 0.6) is 0 Å². The summed E-state index contributed by atoms with van der Waals surface area (Å²) in [5, 5.41) is 18.8. The van der Waals surface area contributed by atoms with Gasteiger partial charge in [-0.1, -0.05) is 90.4 Å². The van der Waals surface area contributed by atoms with Crippen molar-refractivity contribution in [3.8, 4) is 0 Å². The highest BCUT2D eigenvalue weighted by Crippen LogP contribution is 2.15. The third-order valence-corrected chi connectivity index (χ3v) is 4.81. The molecular weight excluding hydrogens is 310 g/mol. The average molecular weight is 352 g/mol. The summed E-state index contributed by atoms with van der Waals surface area (Å²) in [7, 11) is 1.43. The molecule has 0 aromatic rings. The Morgan fingerprint density at radius 3 is 1.26 bits per heavy atom. The van der Waals surface area contributed by atoms with E-state index in [9.17, 15) is 10.4 Å². The lowest BCUT2D eigenvalue weighted by Gasteiger charge is -2.23. The molecule has 3 nitrogen and oxygen atoms in total. The van der Waals surface area contributed by atoms with Gasteiger partial charge in [-0.3, -0.25) is 0 Å². The highest BCUT2D eigenvalue weighted by molar-refractivity contribution is 4.51. The van der Waals surface area contributed by atoms with Crippen molar-refractivity contribution < 1.29 is 27.6 Å². The number of halogens is 1. The summed E-state index contributed by atoms with van der Waals surface area (Å²) in [4.78, 5) is -0.890. The van der Waals surface area contributed by atoms with Gasteiger partial charge in [0, 0.05) is 6.42 Å². The maximum absolute atomic E-state index is 9.38. The fourth-order valence-corrected chi connectivity index (χ4v) is 2.88. The monoisotopic (exact) mass is 351 g/mol. The zero-order chi connectivity index (χ0) is 16.7. The molecule has 0 rings (SSSR count). The van der Waals surface area contributed by atoms with E-state index in [4.69, 9.17) is 0 Å². The van der Waals surface area contributed by atoms with Crippen LogP contribution < -0.4 is 12.4 Å². The van der Waals surface area contributed by atoms with Crippen LogP contribution in [0, 0.1) is 0 Å². The van der Waals surface area contributed by atoms with Gasteiger partial charge in [-0.2, -0.15) is 10.4 Å². The standard InChI is InChI=1S/C19H42NO2.ClH/c1-4-5-6-7-8-9-10-11-12-13-14-15-16-17-18-19(2)20(3,21)22;/h19,21-22H,4-18H2,1-3H3;1H/q+1;/p-1. The molecule has 0 radical (unpaired) electrons. The quantitative estimate of drug-likeness (QED) is 0.254. The van der Waals surface area contributed by atoms with E-state index >= 15 is 0 Å². The minimum atomic E-state index is -0.890. The molecule has 0 aliphatic heterocycles. The molecule has 0 fully saturated rings. The predicted molar refractivity (Wildman–Crippen MR) is 94.1 cm³/mol. The third-order valence-electron chi connectivity index (χ3n) is 4.81. The predicted octanol–water partition coefficient (Wildman–Crippen LogP) is 3.48. The van der Waals surface area contributed by atoms with Crippen molar-refractivity contribution in [3.05, 3.63) is 0 Å². The van der Waals surface area contributed by atoms with Gasteiger partial charge in [0.1, 0.15) is 13.1 Å². The fourth-order valence-electron chi connectivity index (χ4n) is 2.88. The highest BCUT2D eigenvalue weighted by Gasteiger charge is 2.24. The van der Waals surface area contributed by atoms with E-state index in [2.05, 4.69) is 6.92 Å². The van der Waals surface area contributed by atoms with Crippen LogP contribution in [0.15, 0.2) is 0 Å². The summed E-state index contributed by atoms with van der Waals surface area (Å²) >= 11 is 0. The van der Waals surface area contributed by atoms with Crippen LogP contribution in [0.1, 0.15) is 110 Å². The number of hydroxylamine groups is 4. The minimum absolute atomic E-state index is 0. The van der Waals surface area contributed by atoms with E-state index in [1.54, 1.807) is 0 Å². The zero-order valence-corrected chi connectivity index (χ0v) is 16.7. The van der Waals surface area contributed by atoms with Gasteiger partial charge in [0.15, 0.2) is 0 Å². The van der Waals surface area contributed by atoms with Crippen LogP contribution in [-0.2, 0) is 0 Å². The summed E-state index contributed by atoms with van der Waals surface area (Å²) in [6, 6.07) is -0.0858. The van der Waals surface area contributed by atoms with Crippen LogP contribution in [0.25, 0.3) is 0 Å². The first kappa shape index (κ1) is 25.4. The third kappa shape index (κ3) is 18.4. The number of rotatable bonds is 16. The maximum Gasteiger partial charge on any atom is 0.149 e. The second-order valence-electron chi connectivity index (χ2n) is 7.21. The Kier molecular flexibility index (Phi) is 18.8. The lowest BCUT2D eigenvalue weighted by molar-refractivity contribution is -1.25. The lowest BCUT2D eigenvalue weighted by atomic mass is 10.0. The largest absolute Gasteiger partial charge is 1.00 e. The molecule has 4 heteroatoms. The van der Waals surface area contributed by atoms with Gasteiger partial charge in [0.25, 0.3) is 0 Å². The Morgan fingerprint density at radius 2 is 0.957 bits per heavy atom. The molecule has 0 heterocycles. The van der Waals surface area contributed by atoms with Crippen molar-refractivity contribution >= 4 is 0 Å². The first-order chi connectivity index (χ1) is 10.5. The van der Waals surface area contributed by atoms with Crippen LogP contribution >= 0.6 is 0 Å². The van der Waals surface area contributed by atoms with Crippen molar-refractivity contribution in [1.82, 2.24) is 0 Å². The van der Waals surface area contributed by atoms with Gasteiger partial charge < -0.3 is 12.4 Å². The van der Waals surface area contributed by atoms with Crippen LogP contribution in [0.2, 0.25) is 0 Å². The van der Waals surface area contributed by atoms with Gasteiger partial charge in [-0.15, -0.1) is 0 Å². The van der Waals surface area contributed by atoms with Crippen LogP contribution in [-0.4, -0.2) is 28.3 Å². The molecule has 0 aromatic carbocycles. The number of hydrogen-bond acceptors (Lipinski definition) is 2. The molecule has 0 aliphatic carbocycles. The second-order valence-corrected chi connectivity index (χ2v) is 7.21. The summed E-state index contributed by atoms with van der Waals surface area (Å²) in [6.45, 7) is 4.16. The molecule has 23 heavy (non-hydrogen) atoms. The molecular formula is C19H42ClNO2. The molecule has 1 atom stereocenters. The number of nitrogens with zero attached hydrogens (tertiary/aromatic N) is 1. The van der Waals surface area contributed by atoms with Crippen molar-refractivity contribution in [2.75, 3.05) is 7.05 Å². The maximum atomic E-state index is 9.38. The van der Waals surface area contributed by atoms with Crippen LogP contribution in [0.4, 0.5) is 0 Å². The summed E-state index contributed by atoms with van der Waals surface area (Å²) in [5.41, 5.74) is 0. The molecule has 0 amide bonds. The van der Waals surface area contributed by atoms with Crippen LogP contribution in [0.3, 0.4) is 0 Å². The van der Waals surface area contributed by atoms with E-state index < -0.39 is 4.81 Å². The molecule has 0 saturated heterocycles. The Labute approximate surface area is 151 Å². The first-order valence-electron chi connectivity index (χ1n) is 9.80. The average Bonchev–Trinajstić information content (AvgIpc) is 2.46. The van der Waals surface area contributed by atoms with Crippen molar-refractivity contribution in [2.24, 2.45) is 0 Å². The molecule has 0 bridgehead atoms. The SMILES string of the molecule is CCCCCCCCCCCCCCCCC(C)[N+](C)(O)O.[Cl-]. The Morgan fingerprint density at radius 1 is 0.652 bits per heavy atom. The second kappa shape index (κ2) is 17.0. The summed E-state index contributed by atoms with van der Waals surface area (Å²) in [6.07, 6.45) is 20.0. The van der Waals surface area contributed by atoms with E-state index in [-0.39, 0.29) is 18.4 Å². The molecule has 0 aliphatic rings. The lowest BCUT2D eigenvalue weighted by Crippen LogP contribution is -3.00. The highest BCUT2D eigenvalue weighted by atomic mass is 35.5. The van der Waals surface area contributed by atoms with Gasteiger partial charge >= 0.3 is 0 Å². The van der Waals surface area contributed by atoms with Crippen molar-refractivity contribution in [1.29, 1.82) is 0 Å². The molecule has 142 valence electrons. The molecule has 0 saturated carbocycles. The normalized spacial score (nSPS) is 12.9. The van der Waals surface area contributed by atoms with Gasteiger partial charge in [-0.25, -0.2) is 0 Å². The fraction of sp³-hybridized carbons (Fsp3) is 1.00. The summed E-state index contributed by atoms with van der Waals surface area (Å²) < 4.78 is 0. The van der Waals surface area contributed by atoms with Gasteiger partial charge in [0.05, 0.1) is 0 Å². The van der Waals surface area contributed by atoms with E-state index in [1.807, 2.05) is 6.92 Å². The number of hydrogen-bond donors (Lipinski definition) is 2. The topological polar surface area (TPSA) is 40.5 Å². The molecule has 0 spiro atoms. The van der Waals surface area contributed by atoms with Crippen molar-refractivity contribution in [3.63, 3.8) is 0 Å². The Bertz CT molecular complexity index is 232. The number of unbranched alkanes of at least 4 members (excludes halogenated alkanes) is 13. The smallest absolute Gasteiger partial charge is 0.149 e. The van der Waals surface area contributed by atoms with E-state index in [0.717, 1.165) is 12.8 Å². The van der Waals surface area contributed by atoms with E-state index in [1.165, 1.54) is 90.5 Å².